The molecule has 4 nitrogen and oxygen atoms in total. The molecule has 0 unspecified atom stereocenters. The van der Waals surface area contributed by atoms with Crippen molar-refractivity contribution in [2.45, 2.75) is 63.6 Å². The van der Waals surface area contributed by atoms with Gasteiger partial charge in [0, 0.05) is 25.4 Å². The zero-order valence-electron chi connectivity index (χ0n) is 20.3. The number of halogens is 2. The Kier molecular flexibility index (Phi) is 9.43. The molecule has 1 atom stereocenters. The number of nitrogens with one attached hydrogen (secondary N) is 1. The van der Waals surface area contributed by atoms with Gasteiger partial charge in [0.2, 0.25) is 11.8 Å². The lowest BCUT2D eigenvalue weighted by atomic mass is 10.0. The molecule has 0 bridgehead atoms. The first-order chi connectivity index (χ1) is 17.5. The van der Waals surface area contributed by atoms with Crippen molar-refractivity contribution in [2.75, 3.05) is 0 Å². The van der Waals surface area contributed by atoms with Crippen LogP contribution in [0.4, 0.5) is 0 Å². The van der Waals surface area contributed by atoms with Gasteiger partial charge in [0.25, 0.3) is 0 Å². The fourth-order valence-corrected chi connectivity index (χ4v) is 5.12. The average Bonchev–Trinajstić information content (AvgIpc) is 3.41. The standard InChI is InChI=1S/C30H32Cl2N2O2/c31-26-17-15-24(19-27(26)32)21-34(29(35)18-16-22-9-3-1-4-10-22)28(20-23-11-5-2-6-12-23)30(36)33-25-13-7-8-14-25/h1-6,9-12,15,17,19,25,28H,7-8,13-14,16,18,20-21H2,(H,33,36)/t28-/m1/s1. The van der Waals surface area contributed by atoms with Crippen LogP contribution in [0.25, 0.3) is 0 Å². The molecule has 0 spiro atoms. The van der Waals surface area contributed by atoms with Gasteiger partial charge in [0.05, 0.1) is 10.0 Å². The van der Waals surface area contributed by atoms with E-state index in [0.29, 0.717) is 29.3 Å². The third kappa shape index (κ3) is 7.35. The van der Waals surface area contributed by atoms with E-state index in [0.717, 1.165) is 42.4 Å². The van der Waals surface area contributed by atoms with Crippen LogP contribution in [-0.4, -0.2) is 28.8 Å². The second kappa shape index (κ2) is 12.9. The monoisotopic (exact) mass is 522 g/mol. The quantitative estimate of drug-likeness (QED) is 0.325. The second-order valence-electron chi connectivity index (χ2n) is 9.45. The van der Waals surface area contributed by atoms with Crippen LogP contribution in [0.5, 0.6) is 0 Å². The minimum atomic E-state index is -0.634. The number of rotatable bonds is 10. The van der Waals surface area contributed by atoms with E-state index in [4.69, 9.17) is 23.2 Å². The normalized spacial score (nSPS) is 14.4. The summed E-state index contributed by atoms with van der Waals surface area (Å²) in [6, 6.07) is 24.7. The van der Waals surface area contributed by atoms with Gasteiger partial charge in [0.1, 0.15) is 6.04 Å². The molecule has 1 aliphatic rings. The summed E-state index contributed by atoms with van der Waals surface area (Å²) < 4.78 is 0. The van der Waals surface area contributed by atoms with Crippen LogP contribution < -0.4 is 5.32 Å². The summed E-state index contributed by atoms with van der Waals surface area (Å²) in [6.45, 7) is 0.278. The summed E-state index contributed by atoms with van der Waals surface area (Å²) in [7, 11) is 0. The van der Waals surface area contributed by atoms with Crippen molar-refractivity contribution < 1.29 is 9.59 Å². The van der Waals surface area contributed by atoms with Crippen LogP contribution in [0.1, 0.15) is 48.8 Å². The molecule has 2 amide bonds. The maximum Gasteiger partial charge on any atom is 0.243 e. The highest BCUT2D eigenvalue weighted by atomic mass is 35.5. The first-order valence-electron chi connectivity index (χ1n) is 12.6. The van der Waals surface area contributed by atoms with Crippen LogP contribution >= 0.6 is 23.2 Å². The van der Waals surface area contributed by atoms with Crippen LogP contribution in [0, 0.1) is 0 Å². The topological polar surface area (TPSA) is 49.4 Å². The van der Waals surface area contributed by atoms with Gasteiger partial charge in [0.15, 0.2) is 0 Å². The fraction of sp³-hybridized carbons (Fsp3) is 0.333. The van der Waals surface area contributed by atoms with Crippen molar-refractivity contribution in [3.05, 3.63) is 106 Å². The molecule has 1 fully saturated rings. The van der Waals surface area contributed by atoms with E-state index >= 15 is 0 Å². The molecule has 0 saturated heterocycles. The number of nitrogens with zero attached hydrogens (tertiary/aromatic N) is 1. The van der Waals surface area contributed by atoms with Gasteiger partial charge in [-0.05, 0) is 48.1 Å². The Morgan fingerprint density at radius 3 is 2.11 bits per heavy atom. The fourth-order valence-electron chi connectivity index (χ4n) is 4.80. The molecule has 4 rings (SSSR count). The molecular weight excluding hydrogens is 491 g/mol. The zero-order valence-corrected chi connectivity index (χ0v) is 21.8. The van der Waals surface area contributed by atoms with Gasteiger partial charge < -0.3 is 10.2 Å². The largest absolute Gasteiger partial charge is 0.352 e. The molecule has 6 heteroatoms. The highest BCUT2D eigenvalue weighted by Gasteiger charge is 2.32. The third-order valence-corrected chi connectivity index (χ3v) is 7.52. The molecular formula is C30H32Cl2N2O2. The van der Waals surface area contributed by atoms with Crippen molar-refractivity contribution in [1.29, 1.82) is 0 Å². The molecule has 0 aliphatic heterocycles. The smallest absolute Gasteiger partial charge is 0.243 e. The molecule has 3 aromatic carbocycles. The Hall–Kier alpha value is -2.82. The number of benzene rings is 3. The van der Waals surface area contributed by atoms with E-state index in [1.165, 1.54) is 0 Å². The lowest BCUT2D eigenvalue weighted by Crippen LogP contribution is -2.52. The van der Waals surface area contributed by atoms with E-state index in [1.807, 2.05) is 66.7 Å². The number of aryl methyl sites for hydroxylation is 1. The van der Waals surface area contributed by atoms with Crippen LogP contribution in [0.15, 0.2) is 78.9 Å². The Balaban J connectivity index is 1.62. The Bertz CT molecular complexity index is 1150. The zero-order chi connectivity index (χ0) is 25.3. The van der Waals surface area contributed by atoms with Crippen LogP contribution in [0.3, 0.4) is 0 Å². The second-order valence-corrected chi connectivity index (χ2v) is 10.3. The predicted octanol–water partition coefficient (Wildman–Crippen LogP) is 6.62. The first kappa shape index (κ1) is 26.2. The Labute approximate surface area is 223 Å². The summed E-state index contributed by atoms with van der Waals surface area (Å²) in [5.74, 6) is -0.161. The summed E-state index contributed by atoms with van der Waals surface area (Å²) in [4.78, 5) is 29.1. The molecule has 1 saturated carbocycles. The molecule has 188 valence electrons. The number of carbonyl (C=O) groups is 2. The third-order valence-electron chi connectivity index (χ3n) is 6.78. The summed E-state index contributed by atoms with van der Waals surface area (Å²) in [6.07, 6.45) is 5.58. The molecule has 0 aromatic heterocycles. The minimum absolute atomic E-state index is 0.0626. The Morgan fingerprint density at radius 2 is 1.47 bits per heavy atom. The number of hydrogen-bond donors (Lipinski definition) is 1. The molecule has 0 heterocycles. The molecule has 0 radical (unpaired) electrons. The highest BCUT2D eigenvalue weighted by molar-refractivity contribution is 6.42. The van der Waals surface area contributed by atoms with Gasteiger partial charge in [-0.15, -0.1) is 0 Å². The SMILES string of the molecule is O=C(NC1CCCC1)[C@@H](Cc1ccccc1)N(Cc1ccc(Cl)c(Cl)c1)C(=O)CCc1ccccc1. The summed E-state index contributed by atoms with van der Waals surface area (Å²) in [5.41, 5.74) is 2.94. The van der Waals surface area contributed by atoms with Crippen LogP contribution in [0.2, 0.25) is 10.0 Å². The minimum Gasteiger partial charge on any atom is -0.352 e. The van der Waals surface area contributed by atoms with Crippen molar-refractivity contribution in [3.8, 4) is 0 Å². The highest BCUT2D eigenvalue weighted by Crippen LogP contribution is 2.25. The van der Waals surface area contributed by atoms with Gasteiger partial charge in [-0.2, -0.15) is 0 Å². The number of amides is 2. The van der Waals surface area contributed by atoms with E-state index in [-0.39, 0.29) is 24.4 Å². The molecule has 1 aliphatic carbocycles. The van der Waals surface area contributed by atoms with Gasteiger partial charge in [-0.1, -0.05) is 103 Å². The van der Waals surface area contributed by atoms with Gasteiger partial charge >= 0.3 is 0 Å². The van der Waals surface area contributed by atoms with E-state index in [1.54, 1.807) is 17.0 Å². The maximum absolute atomic E-state index is 13.7. The molecule has 1 N–H and O–H groups in total. The number of hydrogen-bond acceptors (Lipinski definition) is 2. The Morgan fingerprint density at radius 1 is 0.833 bits per heavy atom. The van der Waals surface area contributed by atoms with E-state index < -0.39 is 6.04 Å². The van der Waals surface area contributed by atoms with Crippen molar-refractivity contribution in [3.63, 3.8) is 0 Å². The van der Waals surface area contributed by atoms with E-state index in [2.05, 4.69) is 5.32 Å². The lowest BCUT2D eigenvalue weighted by Gasteiger charge is -2.32. The predicted molar refractivity (Wildman–Crippen MR) is 146 cm³/mol. The average molecular weight is 524 g/mol. The maximum atomic E-state index is 13.7. The molecule has 3 aromatic rings. The first-order valence-corrected chi connectivity index (χ1v) is 13.4. The number of carbonyl (C=O) groups excluding carboxylic acids is 2. The molecule has 36 heavy (non-hydrogen) atoms. The van der Waals surface area contributed by atoms with Crippen LogP contribution in [-0.2, 0) is 29.0 Å². The van der Waals surface area contributed by atoms with Gasteiger partial charge in [-0.25, -0.2) is 0 Å². The summed E-state index contributed by atoms with van der Waals surface area (Å²) >= 11 is 12.4. The van der Waals surface area contributed by atoms with Crippen molar-refractivity contribution >= 4 is 35.0 Å². The van der Waals surface area contributed by atoms with E-state index in [9.17, 15) is 9.59 Å². The van der Waals surface area contributed by atoms with Crippen molar-refractivity contribution in [1.82, 2.24) is 10.2 Å². The van der Waals surface area contributed by atoms with Crippen molar-refractivity contribution in [2.24, 2.45) is 0 Å². The summed E-state index contributed by atoms with van der Waals surface area (Å²) in [5, 5.41) is 4.13. The lowest BCUT2D eigenvalue weighted by molar-refractivity contribution is -0.141. The van der Waals surface area contributed by atoms with Gasteiger partial charge in [-0.3, -0.25) is 9.59 Å².